The number of carboxylic acids is 1. The molecular weight excluding hydrogens is 244 g/mol. The Bertz CT molecular complexity index is 462. The van der Waals surface area contributed by atoms with Gasteiger partial charge in [-0.25, -0.2) is 0 Å². The quantitative estimate of drug-likeness (QED) is 0.738. The predicted molar refractivity (Wildman–Crippen MR) is 72.5 cm³/mol. The molecule has 0 bridgehead atoms. The van der Waals surface area contributed by atoms with Gasteiger partial charge in [-0.15, -0.1) is 0 Å². The number of fused-ring (bicyclic) bond motifs is 1. The molecule has 1 heterocycles. The summed E-state index contributed by atoms with van der Waals surface area (Å²) in [6, 6.07) is 4.98. The van der Waals surface area contributed by atoms with Crippen molar-refractivity contribution in [3.8, 4) is 5.75 Å². The number of carbonyl (C=O) groups is 1. The normalized spacial score (nSPS) is 17.2. The first-order valence-corrected chi connectivity index (χ1v) is 6.50. The molecule has 104 valence electrons. The molecule has 1 aromatic rings. The molecule has 1 aromatic carbocycles. The van der Waals surface area contributed by atoms with Crippen LogP contribution in [0, 0.1) is 0 Å². The number of rotatable bonds is 5. The van der Waals surface area contributed by atoms with E-state index >= 15 is 0 Å². The number of benzene rings is 1. The van der Waals surface area contributed by atoms with E-state index in [0.29, 0.717) is 0 Å². The molecule has 3 N–H and O–H groups in total. The zero-order valence-electron chi connectivity index (χ0n) is 11.3. The summed E-state index contributed by atoms with van der Waals surface area (Å²) in [6.45, 7) is 0.760. The number of carboxylic acid groups (broad SMARTS) is 1. The molecule has 5 heteroatoms. The Hall–Kier alpha value is -1.59. The minimum absolute atomic E-state index is 0.269. The smallest absolute Gasteiger partial charge is 0.322 e. The summed E-state index contributed by atoms with van der Waals surface area (Å²) >= 11 is 0. The van der Waals surface area contributed by atoms with Crippen molar-refractivity contribution in [1.82, 2.24) is 10.6 Å². The molecule has 2 atom stereocenters. The third kappa shape index (κ3) is 2.88. The summed E-state index contributed by atoms with van der Waals surface area (Å²) < 4.78 is 5.57. The van der Waals surface area contributed by atoms with E-state index in [4.69, 9.17) is 4.74 Å². The zero-order chi connectivity index (χ0) is 13.8. The van der Waals surface area contributed by atoms with Gasteiger partial charge in [0.15, 0.2) is 0 Å². The highest BCUT2D eigenvalue weighted by Gasteiger charge is 2.27. The molecule has 2 unspecified atom stereocenters. The van der Waals surface area contributed by atoms with Crippen LogP contribution in [-0.2, 0) is 11.2 Å². The van der Waals surface area contributed by atoms with E-state index < -0.39 is 12.0 Å². The molecular formula is C14H20N2O3. The summed E-state index contributed by atoms with van der Waals surface area (Å²) in [5.41, 5.74) is 2.12. The largest absolute Gasteiger partial charge is 0.493 e. The van der Waals surface area contributed by atoms with Crippen LogP contribution >= 0.6 is 0 Å². The van der Waals surface area contributed by atoms with Gasteiger partial charge in [0.05, 0.1) is 12.6 Å². The van der Waals surface area contributed by atoms with Crippen molar-refractivity contribution < 1.29 is 14.6 Å². The van der Waals surface area contributed by atoms with Gasteiger partial charge < -0.3 is 20.5 Å². The van der Waals surface area contributed by atoms with Gasteiger partial charge in [0.25, 0.3) is 0 Å². The van der Waals surface area contributed by atoms with Crippen LogP contribution in [0.15, 0.2) is 18.2 Å². The molecule has 2 rings (SSSR count). The van der Waals surface area contributed by atoms with Crippen LogP contribution in [0.3, 0.4) is 0 Å². The molecule has 0 saturated carbocycles. The first kappa shape index (κ1) is 13.8. The molecule has 0 aromatic heterocycles. The number of hydrogen-bond donors (Lipinski definition) is 3. The van der Waals surface area contributed by atoms with Crippen molar-refractivity contribution in [2.75, 3.05) is 20.7 Å². The second-order valence-electron chi connectivity index (χ2n) is 4.69. The number of likely N-dealkylation sites (N-methyl/N-ethyl adjacent to an activating group) is 2. The van der Waals surface area contributed by atoms with Crippen molar-refractivity contribution >= 4 is 5.97 Å². The van der Waals surface area contributed by atoms with Gasteiger partial charge in [0.1, 0.15) is 11.8 Å². The minimum Gasteiger partial charge on any atom is -0.493 e. The summed E-state index contributed by atoms with van der Waals surface area (Å²) in [4.78, 5) is 11.3. The van der Waals surface area contributed by atoms with E-state index in [1.807, 2.05) is 18.2 Å². The maximum absolute atomic E-state index is 11.3. The molecule has 1 aliphatic heterocycles. The van der Waals surface area contributed by atoms with Gasteiger partial charge in [-0.05, 0) is 44.1 Å². The maximum Gasteiger partial charge on any atom is 0.322 e. The molecule has 0 radical (unpaired) electrons. The van der Waals surface area contributed by atoms with Crippen LogP contribution in [0.4, 0.5) is 0 Å². The molecule has 5 nitrogen and oxygen atoms in total. The highest BCUT2D eigenvalue weighted by atomic mass is 16.5. The fourth-order valence-electron chi connectivity index (χ4n) is 2.53. The Morgan fingerprint density at radius 1 is 1.37 bits per heavy atom. The van der Waals surface area contributed by atoms with Crippen LogP contribution < -0.4 is 15.4 Å². The Morgan fingerprint density at radius 2 is 2.16 bits per heavy atom. The summed E-state index contributed by atoms with van der Waals surface area (Å²) in [5, 5.41) is 15.2. The molecule has 0 spiro atoms. The second-order valence-corrected chi connectivity index (χ2v) is 4.69. The van der Waals surface area contributed by atoms with E-state index in [1.54, 1.807) is 14.1 Å². The zero-order valence-corrected chi connectivity index (χ0v) is 11.3. The molecule has 19 heavy (non-hydrogen) atoms. The highest BCUT2D eigenvalue weighted by molar-refractivity contribution is 5.75. The SMILES string of the molecule is CNC(C(=O)O)C(NC)c1ccc2c(c1)CCCO2. The van der Waals surface area contributed by atoms with E-state index in [1.165, 1.54) is 0 Å². The van der Waals surface area contributed by atoms with Gasteiger partial charge in [-0.2, -0.15) is 0 Å². The Kier molecular flexibility index (Phi) is 4.39. The third-order valence-electron chi connectivity index (χ3n) is 3.51. The lowest BCUT2D eigenvalue weighted by Crippen LogP contribution is -2.44. The average molecular weight is 264 g/mol. The van der Waals surface area contributed by atoms with E-state index in [-0.39, 0.29) is 6.04 Å². The lowest BCUT2D eigenvalue weighted by molar-refractivity contribution is -0.140. The van der Waals surface area contributed by atoms with Crippen LogP contribution in [0.1, 0.15) is 23.6 Å². The second kappa shape index (κ2) is 6.04. The molecule has 0 amide bonds. The molecule has 0 aliphatic carbocycles. The predicted octanol–water partition coefficient (Wildman–Crippen LogP) is 0.945. The average Bonchev–Trinajstić information content (AvgIpc) is 2.43. The minimum atomic E-state index is -0.865. The van der Waals surface area contributed by atoms with Crippen LogP contribution in [-0.4, -0.2) is 37.8 Å². The van der Waals surface area contributed by atoms with Gasteiger partial charge >= 0.3 is 5.97 Å². The first-order chi connectivity index (χ1) is 9.17. The summed E-state index contributed by atoms with van der Waals surface area (Å²) in [5.74, 6) is 0.0528. The Morgan fingerprint density at radius 3 is 2.79 bits per heavy atom. The van der Waals surface area contributed by atoms with Gasteiger partial charge in [-0.3, -0.25) is 4.79 Å². The fourth-order valence-corrected chi connectivity index (χ4v) is 2.53. The van der Waals surface area contributed by atoms with E-state index in [2.05, 4.69) is 10.6 Å². The van der Waals surface area contributed by atoms with Crippen molar-refractivity contribution in [2.45, 2.75) is 24.9 Å². The lowest BCUT2D eigenvalue weighted by Gasteiger charge is -2.25. The Labute approximate surface area is 113 Å². The Balaban J connectivity index is 2.30. The topological polar surface area (TPSA) is 70.6 Å². The number of hydrogen-bond acceptors (Lipinski definition) is 4. The van der Waals surface area contributed by atoms with Gasteiger partial charge in [-0.1, -0.05) is 12.1 Å². The standard InChI is InChI=1S/C14H20N2O3/c1-15-12(13(16-2)14(17)18)10-5-6-11-9(8-10)4-3-7-19-11/h5-6,8,12-13,15-16H,3-4,7H2,1-2H3,(H,17,18). The third-order valence-corrected chi connectivity index (χ3v) is 3.51. The van der Waals surface area contributed by atoms with Crippen molar-refractivity contribution in [3.63, 3.8) is 0 Å². The first-order valence-electron chi connectivity index (χ1n) is 6.50. The van der Waals surface area contributed by atoms with Gasteiger partial charge in [0.2, 0.25) is 0 Å². The van der Waals surface area contributed by atoms with Crippen molar-refractivity contribution in [2.24, 2.45) is 0 Å². The number of ether oxygens (including phenoxy) is 1. The van der Waals surface area contributed by atoms with E-state index in [0.717, 1.165) is 36.3 Å². The molecule has 0 saturated heterocycles. The monoisotopic (exact) mass is 264 g/mol. The number of aliphatic carboxylic acids is 1. The highest BCUT2D eigenvalue weighted by Crippen LogP contribution is 2.28. The van der Waals surface area contributed by atoms with Gasteiger partial charge in [0, 0.05) is 0 Å². The lowest BCUT2D eigenvalue weighted by atomic mass is 9.95. The van der Waals surface area contributed by atoms with Crippen LogP contribution in [0.25, 0.3) is 0 Å². The fraction of sp³-hybridized carbons (Fsp3) is 0.500. The maximum atomic E-state index is 11.3. The summed E-state index contributed by atoms with van der Waals surface area (Å²) in [7, 11) is 3.43. The van der Waals surface area contributed by atoms with Crippen molar-refractivity contribution in [1.29, 1.82) is 0 Å². The molecule has 0 fully saturated rings. The molecule has 1 aliphatic rings. The van der Waals surface area contributed by atoms with Crippen molar-refractivity contribution in [3.05, 3.63) is 29.3 Å². The number of nitrogens with one attached hydrogen (secondary N) is 2. The number of aryl methyl sites for hydroxylation is 1. The van der Waals surface area contributed by atoms with Crippen LogP contribution in [0.5, 0.6) is 5.75 Å². The summed E-state index contributed by atoms with van der Waals surface area (Å²) in [6.07, 6.45) is 1.99. The van der Waals surface area contributed by atoms with E-state index in [9.17, 15) is 9.90 Å². The van der Waals surface area contributed by atoms with Crippen LogP contribution in [0.2, 0.25) is 0 Å².